The molecule has 0 saturated carbocycles. The maximum atomic E-state index is 2.63. The number of hydrogen-bond donors (Lipinski definition) is 0. The molecule has 0 bridgehead atoms. The van der Waals surface area contributed by atoms with E-state index < -0.39 is 10.8 Å². The number of benzene rings is 11. The Hall–Kier alpha value is -7.28. The van der Waals surface area contributed by atoms with Gasteiger partial charge in [0.15, 0.2) is 0 Å². The van der Waals surface area contributed by atoms with Crippen molar-refractivity contribution in [3.05, 3.63) is 263 Å². The summed E-state index contributed by atoms with van der Waals surface area (Å²) in [6.07, 6.45) is 0. The minimum Gasteiger partial charge on any atom is -0.0776 e. The van der Waals surface area contributed by atoms with E-state index in [-0.39, 0.29) is 7.43 Å². The molecule has 0 heterocycles. The van der Waals surface area contributed by atoms with E-state index in [0.717, 1.165) is 0 Å². The molecule has 0 unspecified atom stereocenters. The maximum absolute atomic E-state index is 2.63. The highest BCUT2D eigenvalue weighted by molar-refractivity contribution is 6.27. The van der Waals surface area contributed by atoms with Gasteiger partial charge in [0.05, 0.1) is 10.8 Å². The van der Waals surface area contributed by atoms with Gasteiger partial charge in [-0.1, -0.05) is 208 Å². The van der Waals surface area contributed by atoms with Crippen LogP contribution in [0.1, 0.15) is 51.9 Å². The van der Waals surface area contributed by atoms with Gasteiger partial charge in [0, 0.05) is 0 Å². The highest BCUT2D eigenvalue weighted by Gasteiger charge is 2.52. The fourth-order valence-electron chi connectivity index (χ4n) is 11.5. The lowest BCUT2D eigenvalue weighted by Gasteiger charge is -2.35. The lowest BCUT2D eigenvalue weighted by atomic mass is 9.66. The van der Waals surface area contributed by atoms with Crippen molar-refractivity contribution in [3.8, 4) is 22.3 Å². The molecule has 0 N–H and O–H groups in total. The van der Waals surface area contributed by atoms with Crippen LogP contribution in [0.5, 0.6) is 0 Å². The first-order valence-electron chi connectivity index (χ1n) is 20.4. The number of fused-ring (bicyclic) bond motifs is 9. The molecule has 0 aromatic heterocycles. The predicted molar refractivity (Wildman–Crippen MR) is 249 cm³/mol. The quantitative estimate of drug-likeness (QED) is 0.157. The van der Waals surface area contributed by atoms with Crippen LogP contribution in [-0.4, -0.2) is 0 Å². The highest BCUT2D eigenvalue weighted by atomic mass is 14.5. The molecular weight excluding hydrogens is 709 g/mol. The van der Waals surface area contributed by atoms with Gasteiger partial charge in [0.1, 0.15) is 0 Å². The molecule has 0 nitrogen and oxygen atoms in total. The SMILES string of the molecule is C.c1ccc(C2(c3ccccc3)c3cc4c(cc3-c3c2ccc2ccccc32)C(c2ccccc2)(c2ccccc2)c2cc3ccc5cccc6ccc(c2-4)c3c56)cc1. The van der Waals surface area contributed by atoms with E-state index in [1.54, 1.807) is 0 Å². The van der Waals surface area contributed by atoms with E-state index in [4.69, 9.17) is 0 Å². The first kappa shape index (κ1) is 33.8. The molecule has 0 radical (unpaired) electrons. The molecule has 13 rings (SSSR count). The summed E-state index contributed by atoms with van der Waals surface area (Å²) in [5.74, 6) is 0. The third-order valence-corrected chi connectivity index (χ3v) is 13.7. The Bertz CT molecular complexity index is 3320. The van der Waals surface area contributed by atoms with Gasteiger partial charge < -0.3 is 0 Å². The molecular formula is C59H40. The Morgan fingerprint density at radius 3 is 1.24 bits per heavy atom. The lowest BCUT2D eigenvalue weighted by Crippen LogP contribution is -2.30. The fraction of sp³-hybridized carbons (Fsp3) is 0.0508. The maximum Gasteiger partial charge on any atom is 0.0714 e. The summed E-state index contributed by atoms with van der Waals surface area (Å²) in [6.45, 7) is 0. The van der Waals surface area contributed by atoms with Crippen LogP contribution in [0.25, 0.3) is 65.3 Å². The highest BCUT2D eigenvalue weighted by Crippen LogP contribution is 2.64. The van der Waals surface area contributed by atoms with Crippen LogP contribution < -0.4 is 0 Å². The zero-order chi connectivity index (χ0) is 38.0. The van der Waals surface area contributed by atoms with E-state index in [9.17, 15) is 0 Å². The molecule has 59 heavy (non-hydrogen) atoms. The Kier molecular flexibility index (Phi) is 7.09. The van der Waals surface area contributed by atoms with Crippen LogP contribution in [0.4, 0.5) is 0 Å². The van der Waals surface area contributed by atoms with Crippen molar-refractivity contribution in [2.45, 2.75) is 18.3 Å². The van der Waals surface area contributed by atoms with Gasteiger partial charge in [-0.2, -0.15) is 0 Å². The Labute approximate surface area is 345 Å². The average Bonchev–Trinajstić information content (AvgIpc) is 3.76. The molecule has 0 fully saturated rings. The summed E-state index contributed by atoms with van der Waals surface area (Å²) in [7, 11) is 0. The van der Waals surface area contributed by atoms with E-state index >= 15 is 0 Å². The molecule has 0 heteroatoms. The molecule has 0 saturated heterocycles. The van der Waals surface area contributed by atoms with E-state index in [1.807, 2.05) is 0 Å². The van der Waals surface area contributed by atoms with E-state index in [1.165, 1.54) is 110 Å². The topological polar surface area (TPSA) is 0 Å². The summed E-state index contributed by atoms with van der Waals surface area (Å²) in [4.78, 5) is 0. The summed E-state index contributed by atoms with van der Waals surface area (Å²) in [6, 6.07) is 82.7. The largest absolute Gasteiger partial charge is 0.0776 e. The standard InChI is InChI=1S/C58H36.CH4/c1-5-19-41(20-6-1)57(42-21-7-2-8-22-42)49-33-31-37-16-13-14-27-45(37)55(49)47-35-51-48(36-50(47)57)56-46-32-30-39-18-15-17-38-28-29-40(54(46)53(38)39)34-52(56)58(51,43-23-9-3-10-24-43)44-25-11-4-12-26-44;/h1-36H;1H4. The van der Waals surface area contributed by atoms with Gasteiger partial charge in [-0.05, 0) is 128 Å². The Morgan fingerprint density at radius 1 is 0.254 bits per heavy atom. The van der Waals surface area contributed by atoms with Crippen LogP contribution in [0.15, 0.2) is 218 Å². The molecule has 0 spiro atoms. The predicted octanol–water partition coefficient (Wildman–Crippen LogP) is 15.1. The normalized spacial score (nSPS) is 14.2. The molecule has 276 valence electrons. The van der Waals surface area contributed by atoms with Crippen molar-refractivity contribution in [2.75, 3.05) is 0 Å². The Morgan fingerprint density at radius 2 is 0.678 bits per heavy atom. The second kappa shape index (κ2) is 12.4. The van der Waals surface area contributed by atoms with Gasteiger partial charge >= 0.3 is 0 Å². The van der Waals surface area contributed by atoms with Gasteiger partial charge in [-0.25, -0.2) is 0 Å². The van der Waals surface area contributed by atoms with Crippen LogP contribution >= 0.6 is 0 Å². The van der Waals surface area contributed by atoms with E-state index in [0.29, 0.717) is 0 Å². The molecule has 2 aliphatic carbocycles. The monoisotopic (exact) mass is 748 g/mol. The number of hydrogen-bond acceptors (Lipinski definition) is 0. The van der Waals surface area contributed by atoms with Crippen molar-refractivity contribution in [3.63, 3.8) is 0 Å². The van der Waals surface area contributed by atoms with Crippen LogP contribution in [-0.2, 0) is 10.8 Å². The van der Waals surface area contributed by atoms with Crippen molar-refractivity contribution >= 4 is 43.1 Å². The van der Waals surface area contributed by atoms with Gasteiger partial charge in [-0.3, -0.25) is 0 Å². The lowest BCUT2D eigenvalue weighted by molar-refractivity contribution is 0.759. The fourth-order valence-corrected chi connectivity index (χ4v) is 11.5. The molecule has 0 aliphatic heterocycles. The summed E-state index contributed by atoms with van der Waals surface area (Å²) in [5, 5.41) is 10.4. The van der Waals surface area contributed by atoms with Crippen molar-refractivity contribution in [1.29, 1.82) is 0 Å². The first-order chi connectivity index (χ1) is 28.8. The molecule has 0 amide bonds. The van der Waals surface area contributed by atoms with Crippen molar-refractivity contribution < 1.29 is 0 Å². The molecule has 11 aromatic carbocycles. The zero-order valence-corrected chi connectivity index (χ0v) is 31.8. The number of rotatable bonds is 4. The molecule has 2 aliphatic rings. The first-order valence-corrected chi connectivity index (χ1v) is 20.4. The molecule has 11 aromatic rings. The smallest absolute Gasteiger partial charge is 0.0714 e. The average molecular weight is 749 g/mol. The summed E-state index contributed by atoms with van der Waals surface area (Å²) < 4.78 is 0. The van der Waals surface area contributed by atoms with Crippen LogP contribution in [0, 0.1) is 0 Å². The van der Waals surface area contributed by atoms with Crippen molar-refractivity contribution in [1.82, 2.24) is 0 Å². The summed E-state index contributed by atoms with van der Waals surface area (Å²) >= 11 is 0. The van der Waals surface area contributed by atoms with Crippen LogP contribution in [0.3, 0.4) is 0 Å². The third kappa shape index (κ3) is 4.23. The van der Waals surface area contributed by atoms with Crippen molar-refractivity contribution in [2.24, 2.45) is 0 Å². The minimum absolute atomic E-state index is 0. The summed E-state index contributed by atoms with van der Waals surface area (Å²) in [5.41, 5.74) is 14.7. The van der Waals surface area contributed by atoms with Gasteiger partial charge in [0.2, 0.25) is 0 Å². The van der Waals surface area contributed by atoms with Gasteiger partial charge in [0.25, 0.3) is 0 Å². The zero-order valence-electron chi connectivity index (χ0n) is 31.8. The van der Waals surface area contributed by atoms with Gasteiger partial charge in [-0.15, -0.1) is 0 Å². The van der Waals surface area contributed by atoms with Crippen LogP contribution in [0.2, 0.25) is 0 Å². The third-order valence-electron chi connectivity index (χ3n) is 13.7. The minimum atomic E-state index is -0.567. The Balaban J connectivity index is 0.00000377. The second-order valence-corrected chi connectivity index (χ2v) is 16.3. The second-order valence-electron chi connectivity index (χ2n) is 16.3. The molecule has 0 atom stereocenters. The van der Waals surface area contributed by atoms with E-state index in [2.05, 4.69) is 218 Å².